The Labute approximate surface area is 157 Å². The Balaban J connectivity index is 1.65. The van der Waals surface area contributed by atoms with Gasteiger partial charge in [-0.15, -0.1) is 0 Å². The van der Waals surface area contributed by atoms with E-state index in [4.69, 9.17) is 0 Å². The summed E-state index contributed by atoms with van der Waals surface area (Å²) in [5.41, 5.74) is -1.74. The summed E-state index contributed by atoms with van der Waals surface area (Å²) in [5.74, 6) is -0.650. The molecule has 1 saturated carbocycles. The molecule has 8 nitrogen and oxygen atoms in total. The van der Waals surface area contributed by atoms with Crippen LogP contribution in [0.1, 0.15) is 24.1 Å². The molecule has 1 spiro atoms. The van der Waals surface area contributed by atoms with Crippen LogP contribution in [0.25, 0.3) is 0 Å². The predicted octanol–water partition coefficient (Wildman–Crippen LogP) is 0.771. The highest BCUT2D eigenvalue weighted by atomic mass is 19.4. The van der Waals surface area contributed by atoms with Crippen molar-refractivity contribution in [2.45, 2.75) is 31.1 Å². The molecule has 150 valence electrons. The molecule has 3 N–H and O–H groups in total. The van der Waals surface area contributed by atoms with Gasteiger partial charge in [0.15, 0.2) is 0 Å². The lowest BCUT2D eigenvalue weighted by atomic mass is 9.77. The van der Waals surface area contributed by atoms with Gasteiger partial charge in [0.25, 0.3) is 5.91 Å². The Kier molecular flexibility index (Phi) is 4.20. The third-order valence-electron chi connectivity index (χ3n) is 5.84. The van der Waals surface area contributed by atoms with Gasteiger partial charge in [-0.2, -0.15) is 13.2 Å². The number of carbonyl (C=O) groups is 3. The fourth-order valence-electron chi connectivity index (χ4n) is 4.65. The summed E-state index contributed by atoms with van der Waals surface area (Å²) in [6.07, 6.45) is -2.78. The van der Waals surface area contributed by atoms with E-state index in [9.17, 15) is 27.6 Å². The van der Waals surface area contributed by atoms with Crippen molar-refractivity contribution >= 4 is 24.2 Å². The van der Waals surface area contributed by atoms with Crippen molar-refractivity contribution in [3.05, 3.63) is 23.4 Å². The molecule has 2 aliphatic heterocycles. The minimum Gasteiger partial charge on any atom is -0.356 e. The van der Waals surface area contributed by atoms with Gasteiger partial charge in [-0.1, -0.05) is 0 Å². The maximum atomic E-state index is 13.3. The van der Waals surface area contributed by atoms with Crippen LogP contribution in [0.15, 0.2) is 12.1 Å². The Hall–Kier alpha value is -2.85. The first-order valence-corrected chi connectivity index (χ1v) is 8.87. The van der Waals surface area contributed by atoms with E-state index in [1.54, 1.807) is 4.90 Å². The van der Waals surface area contributed by atoms with E-state index in [1.165, 1.54) is 0 Å². The van der Waals surface area contributed by atoms with Gasteiger partial charge < -0.3 is 15.5 Å². The summed E-state index contributed by atoms with van der Waals surface area (Å²) in [7, 11) is 0. The molecule has 1 aliphatic carbocycles. The molecule has 2 saturated heterocycles. The molecule has 4 rings (SSSR count). The Morgan fingerprint density at radius 1 is 1.25 bits per heavy atom. The highest BCUT2D eigenvalue weighted by molar-refractivity contribution is 6.08. The lowest BCUT2D eigenvalue weighted by molar-refractivity contribution is -0.137. The molecule has 3 fully saturated rings. The maximum absolute atomic E-state index is 13.3. The van der Waals surface area contributed by atoms with Crippen LogP contribution in [-0.4, -0.2) is 42.0 Å². The first-order chi connectivity index (χ1) is 13.2. The maximum Gasteiger partial charge on any atom is 0.416 e. The summed E-state index contributed by atoms with van der Waals surface area (Å²) < 4.78 is 39.9. The van der Waals surface area contributed by atoms with Crippen LogP contribution in [0.3, 0.4) is 0 Å². The SMILES string of the molecule is O=CNCc1cc(C(F)(F)F)cc(N2CC3CCC(C2)C32NC(=O)NC2=O)n1. The second kappa shape index (κ2) is 6.35. The topological polar surface area (TPSA) is 103 Å². The molecular weight excluding hydrogens is 379 g/mol. The van der Waals surface area contributed by atoms with E-state index in [1.807, 2.05) is 0 Å². The third kappa shape index (κ3) is 2.85. The molecular formula is C17H18F3N5O3. The van der Waals surface area contributed by atoms with Crippen LogP contribution < -0.4 is 20.9 Å². The zero-order valence-electron chi connectivity index (χ0n) is 14.7. The van der Waals surface area contributed by atoms with Gasteiger partial charge in [-0.3, -0.25) is 14.9 Å². The zero-order chi connectivity index (χ0) is 20.1. The largest absolute Gasteiger partial charge is 0.416 e. The number of nitrogens with one attached hydrogen (secondary N) is 3. The molecule has 0 aromatic carbocycles. The van der Waals surface area contributed by atoms with Crippen LogP contribution in [0.2, 0.25) is 0 Å². The van der Waals surface area contributed by atoms with Crippen molar-refractivity contribution < 1.29 is 27.6 Å². The lowest BCUT2D eigenvalue weighted by Gasteiger charge is -2.44. The molecule has 0 radical (unpaired) electrons. The normalized spacial score (nSPS) is 29.0. The minimum atomic E-state index is -4.55. The van der Waals surface area contributed by atoms with Crippen molar-refractivity contribution in [3.63, 3.8) is 0 Å². The van der Waals surface area contributed by atoms with E-state index in [0.717, 1.165) is 12.1 Å². The van der Waals surface area contributed by atoms with Crippen molar-refractivity contribution in [3.8, 4) is 0 Å². The number of hydrogen-bond acceptors (Lipinski definition) is 5. The van der Waals surface area contributed by atoms with Gasteiger partial charge >= 0.3 is 12.2 Å². The molecule has 1 aromatic heterocycles. The molecule has 3 heterocycles. The van der Waals surface area contributed by atoms with E-state index in [-0.39, 0.29) is 35.8 Å². The van der Waals surface area contributed by atoms with E-state index in [0.29, 0.717) is 32.3 Å². The van der Waals surface area contributed by atoms with Gasteiger partial charge in [0.05, 0.1) is 17.8 Å². The fourth-order valence-corrected chi connectivity index (χ4v) is 4.65. The molecule has 1 aromatic rings. The number of halogens is 3. The third-order valence-corrected chi connectivity index (χ3v) is 5.84. The summed E-state index contributed by atoms with van der Waals surface area (Å²) in [6, 6.07) is 1.36. The number of anilines is 1. The molecule has 28 heavy (non-hydrogen) atoms. The predicted molar refractivity (Wildman–Crippen MR) is 90.0 cm³/mol. The average molecular weight is 397 g/mol. The first kappa shape index (κ1) is 18.5. The number of nitrogens with zero attached hydrogens (tertiary/aromatic N) is 2. The van der Waals surface area contributed by atoms with Crippen LogP contribution in [0.5, 0.6) is 0 Å². The van der Waals surface area contributed by atoms with Crippen LogP contribution >= 0.6 is 0 Å². The number of aromatic nitrogens is 1. The Morgan fingerprint density at radius 3 is 2.46 bits per heavy atom. The first-order valence-electron chi connectivity index (χ1n) is 8.87. The molecule has 2 bridgehead atoms. The second-order valence-electron chi connectivity index (χ2n) is 7.36. The molecule has 2 unspecified atom stereocenters. The Bertz CT molecular complexity index is 830. The number of amides is 4. The van der Waals surface area contributed by atoms with Crippen LogP contribution in [0, 0.1) is 11.8 Å². The van der Waals surface area contributed by atoms with Crippen molar-refractivity contribution in [2.24, 2.45) is 11.8 Å². The van der Waals surface area contributed by atoms with Crippen LogP contribution in [-0.2, 0) is 22.3 Å². The van der Waals surface area contributed by atoms with Crippen LogP contribution in [0.4, 0.5) is 23.8 Å². The van der Waals surface area contributed by atoms with Crippen molar-refractivity contribution in [1.29, 1.82) is 0 Å². The molecule has 4 amide bonds. The van der Waals surface area contributed by atoms with Gasteiger partial charge in [0, 0.05) is 24.9 Å². The van der Waals surface area contributed by atoms with Gasteiger partial charge in [0.1, 0.15) is 11.4 Å². The monoisotopic (exact) mass is 397 g/mol. The number of carbonyl (C=O) groups excluding carboxylic acids is 3. The molecule has 11 heteroatoms. The highest BCUT2D eigenvalue weighted by Gasteiger charge is 2.62. The molecule has 2 atom stereocenters. The minimum absolute atomic E-state index is 0.0940. The number of alkyl halides is 3. The summed E-state index contributed by atoms with van der Waals surface area (Å²) in [4.78, 5) is 40.6. The number of pyridine rings is 1. The van der Waals surface area contributed by atoms with Gasteiger partial charge in [-0.25, -0.2) is 9.78 Å². The Morgan fingerprint density at radius 2 is 1.93 bits per heavy atom. The number of hydrogen-bond donors (Lipinski definition) is 3. The van der Waals surface area contributed by atoms with E-state index >= 15 is 0 Å². The smallest absolute Gasteiger partial charge is 0.356 e. The molecule has 3 aliphatic rings. The number of piperidine rings is 1. The van der Waals surface area contributed by atoms with Gasteiger partial charge in [0.2, 0.25) is 6.41 Å². The van der Waals surface area contributed by atoms with E-state index < -0.39 is 23.3 Å². The quantitative estimate of drug-likeness (QED) is 0.515. The van der Waals surface area contributed by atoms with Crippen molar-refractivity contribution in [2.75, 3.05) is 18.0 Å². The number of rotatable bonds is 4. The summed E-state index contributed by atoms with van der Waals surface area (Å²) in [5, 5.41) is 7.36. The number of urea groups is 1. The summed E-state index contributed by atoms with van der Waals surface area (Å²) in [6.45, 7) is 0.488. The second-order valence-corrected chi connectivity index (χ2v) is 7.36. The average Bonchev–Trinajstić information content (AvgIpc) is 3.01. The summed E-state index contributed by atoms with van der Waals surface area (Å²) >= 11 is 0. The fraction of sp³-hybridized carbons (Fsp3) is 0.529. The standard InChI is InChI=1S/C17H18F3N5O3/c18-17(19,20)11-3-12(5-21-8-26)22-13(4-11)25-6-9-1-2-10(7-25)16(9)14(27)23-15(28)24-16/h3-4,8-10H,1-2,5-7H2,(H,21,26)(H2,23,24,27,28). The zero-order valence-corrected chi connectivity index (χ0v) is 14.7. The number of imide groups is 1. The van der Waals surface area contributed by atoms with Gasteiger partial charge in [-0.05, 0) is 25.0 Å². The lowest BCUT2D eigenvalue weighted by Crippen LogP contribution is -2.63. The van der Waals surface area contributed by atoms with Crippen molar-refractivity contribution in [1.82, 2.24) is 20.9 Å². The highest BCUT2D eigenvalue weighted by Crippen LogP contribution is 2.47. The van der Waals surface area contributed by atoms with E-state index in [2.05, 4.69) is 20.9 Å².